The molecular weight excluding hydrogens is 256 g/mol. The van der Waals surface area contributed by atoms with E-state index in [0.717, 1.165) is 23.3 Å². The summed E-state index contributed by atoms with van der Waals surface area (Å²) in [5.74, 6) is 0.504. The molecule has 0 aromatic carbocycles. The van der Waals surface area contributed by atoms with E-state index < -0.39 is 10.0 Å². The summed E-state index contributed by atoms with van der Waals surface area (Å²) in [5, 5.41) is 0. The first-order chi connectivity index (χ1) is 7.90. The Morgan fingerprint density at radius 3 is 2.65 bits per heavy atom. The van der Waals surface area contributed by atoms with Crippen LogP contribution in [-0.4, -0.2) is 21.0 Å². The Morgan fingerprint density at radius 1 is 1.53 bits per heavy atom. The second-order valence-corrected chi connectivity index (χ2v) is 7.90. The average molecular weight is 274 g/mol. The minimum atomic E-state index is -3.38. The van der Waals surface area contributed by atoms with Crippen molar-refractivity contribution in [2.75, 3.05) is 6.54 Å². The normalized spacial score (nSPS) is 18.3. The van der Waals surface area contributed by atoms with Crippen molar-refractivity contribution < 1.29 is 8.42 Å². The minimum Gasteiger partial charge on any atom is -0.326 e. The molecule has 1 saturated carbocycles. The van der Waals surface area contributed by atoms with Crippen molar-refractivity contribution in [3.8, 4) is 0 Å². The maximum Gasteiger partial charge on any atom is 0.250 e. The number of nitrogens with two attached hydrogens (primary N) is 1. The van der Waals surface area contributed by atoms with E-state index in [9.17, 15) is 8.42 Å². The summed E-state index contributed by atoms with van der Waals surface area (Å²) in [4.78, 5) is 1.01. The zero-order valence-corrected chi connectivity index (χ0v) is 11.7. The lowest BCUT2D eigenvalue weighted by Gasteiger charge is -2.11. The molecule has 96 valence electrons. The highest BCUT2D eigenvalue weighted by Gasteiger charge is 2.29. The molecule has 17 heavy (non-hydrogen) atoms. The third-order valence-corrected chi connectivity index (χ3v) is 6.19. The molecule has 3 N–H and O–H groups in total. The van der Waals surface area contributed by atoms with Crippen LogP contribution in [0.3, 0.4) is 0 Å². The highest BCUT2D eigenvalue weighted by atomic mass is 32.2. The van der Waals surface area contributed by atoms with Crippen LogP contribution in [-0.2, 0) is 10.0 Å². The zero-order chi connectivity index (χ0) is 12.6. The SMILES string of the molecule is Cc1cc(C)c(S(=O)(=O)NCC(N)C2CC2)s1. The van der Waals surface area contributed by atoms with E-state index in [1.54, 1.807) is 0 Å². The first kappa shape index (κ1) is 13.0. The van der Waals surface area contributed by atoms with Gasteiger partial charge in [-0.1, -0.05) is 0 Å². The van der Waals surface area contributed by atoms with Crippen LogP contribution in [0.2, 0.25) is 0 Å². The van der Waals surface area contributed by atoms with Crippen LogP contribution in [0.5, 0.6) is 0 Å². The number of hydrogen-bond donors (Lipinski definition) is 2. The van der Waals surface area contributed by atoms with Crippen LogP contribution >= 0.6 is 11.3 Å². The van der Waals surface area contributed by atoms with Crippen molar-refractivity contribution in [2.45, 2.75) is 36.9 Å². The van der Waals surface area contributed by atoms with E-state index >= 15 is 0 Å². The summed E-state index contributed by atoms with van der Waals surface area (Å²) >= 11 is 1.31. The fourth-order valence-corrected chi connectivity index (χ4v) is 4.63. The summed E-state index contributed by atoms with van der Waals surface area (Å²) in [5.41, 5.74) is 6.69. The van der Waals surface area contributed by atoms with Crippen molar-refractivity contribution in [1.29, 1.82) is 0 Å². The third-order valence-electron chi connectivity index (χ3n) is 2.98. The van der Waals surface area contributed by atoms with E-state index in [1.165, 1.54) is 11.3 Å². The molecule has 0 saturated heterocycles. The third kappa shape index (κ3) is 3.07. The average Bonchev–Trinajstić information content (AvgIpc) is 3.01. The Labute approximate surface area is 106 Å². The quantitative estimate of drug-likeness (QED) is 0.852. The molecule has 1 aliphatic carbocycles. The van der Waals surface area contributed by atoms with E-state index in [0.29, 0.717) is 16.7 Å². The lowest BCUT2D eigenvalue weighted by molar-refractivity contribution is 0.549. The van der Waals surface area contributed by atoms with Gasteiger partial charge in [-0.25, -0.2) is 13.1 Å². The van der Waals surface area contributed by atoms with E-state index in [-0.39, 0.29) is 6.04 Å². The summed E-state index contributed by atoms with van der Waals surface area (Å²) in [6.07, 6.45) is 2.25. The molecule has 1 aliphatic rings. The summed E-state index contributed by atoms with van der Waals surface area (Å²) in [6.45, 7) is 4.06. The lowest BCUT2D eigenvalue weighted by Crippen LogP contribution is -2.38. The first-order valence-corrected chi connectivity index (χ1v) is 8.02. The standard InChI is InChI=1S/C11H18N2O2S2/c1-7-5-8(2)16-11(7)17(14,15)13-6-10(12)9-3-4-9/h5,9-10,13H,3-4,6,12H2,1-2H3. The Bertz CT molecular complexity index is 504. The number of aryl methyl sites for hydroxylation is 2. The largest absolute Gasteiger partial charge is 0.326 e. The molecule has 6 heteroatoms. The molecule has 0 spiro atoms. The van der Waals surface area contributed by atoms with Gasteiger partial charge < -0.3 is 5.73 Å². The molecule has 1 atom stereocenters. The van der Waals surface area contributed by atoms with Crippen molar-refractivity contribution in [2.24, 2.45) is 11.7 Å². The van der Waals surface area contributed by atoms with E-state index in [1.807, 2.05) is 19.9 Å². The van der Waals surface area contributed by atoms with Gasteiger partial charge in [-0.3, -0.25) is 0 Å². The van der Waals surface area contributed by atoms with Gasteiger partial charge in [0.2, 0.25) is 10.0 Å². The van der Waals surface area contributed by atoms with Crippen molar-refractivity contribution in [3.05, 3.63) is 16.5 Å². The molecular formula is C11H18N2O2S2. The molecule has 1 aromatic heterocycles. The Morgan fingerprint density at radius 2 is 2.18 bits per heavy atom. The summed E-state index contributed by atoms with van der Waals surface area (Å²) in [6, 6.07) is 1.84. The van der Waals surface area contributed by atoms with E-state index in [4.69, 9.17) is 5.73 Å². The number of nitrogens with one attached hydrogen (secondary N) is 1. The Kier molecular flexibility index (Phi) is 3.58. The van der Waals surface area contributed by atoms with Crippen LogP contribution in [0.1, 0.15) is 23.3 Å². The second-order valence-electron chi connectivity index (χ2n) is 4.68. The first-order valence-electron chi connectivity index (χ1n) is 5.72. The van der Waals surface area contributed by atoms with Gasteiger partial charge in [-0.2, -0.15) is 0 Å². The molecule has 0 radical (unpaired) electrons. The van der Waals surface area contributed by atoms with Crippen molar-refractivity contribution in [1.82, 2.24) is 4.72 Å². The van der Waals surface area contributed by atoms with Gasteiger partial charge in [-0.15, -0.1) is 11.3 Å². The van der Waals surface area contributed by atoms with Crippen molar-refractivity contribution >= 4 is 21.4 Å². The van der Waals surface area contributed by atoms with Gasteiger partial charge in [0.15, 0.2) is 0 Å². The number of hydrogen-bond acceptors (Lipinski definition) is 4. The molecule has 0 bridgehead atoms. The van der Waals surface area contributed by atoms with Gasteiger partial charge in [-0.05, 0) is 44.2 Å². The monoisotopic (exact) mass is 274 g/mol. The van der Waals surface area contributed by atoms with Crippen molar-refractivity contribution in [3.63, 3.8) is 0 Å². The zero-order valence-electron chi connectivity index (χ0n) is 10.1. The van der Waals surface area contributed by atoms with Gasteiger partial charge in [0.05, 0.1) is 0 Å². The van der Waals surface area contributed by atoms with Crippen LogP contribution < -0.4 is 10.5 Å². The molecule has 0 amide bonds. The molecule has 4 nitrogen and oxygen atoms in total. The van der Waals surface area contributed by atoms with Gasteiger partial charge >= 0.3 is 0 Å². The summed E-state index contributed by atoms with van der Waals surface area (Å²) < 4.78 is 27.1. The Hall–Kier alpha value is -0.430. The Balaban J connectivity index is 2.05. The fourth-order valence-electron chi connectivity index (χ4n) is 1.85. The molecule has 2 rings (SSSR count). The minimum absolute atomic E-state index is 0.0499. The van der Waals surface area contributed by atoms with Gasteiger partial charge in [0.1, 0.15) is 4.21 Å². The smallest absolute Gasteiger partial charge is 0.250 e. The number of thiophene rings is 1. The molecule has 1 unspecified atom stereocenters. The van der Waals surface area contributed by atoms with Crippen LogP contribution in [0.4, 0.5) is 0 Å². The van der Waals surface area contributed by atoms with Gasteiger partial charge in [0, 0.05) is 17.5 Å². The maximum absolute atomic E-state index is 12.1. The van der Waals surface area contributed by atoms with Crippen LogP contribution in [0, 0.1) is 19.8 Å². The number of sulfonamides is 1. The van der Waals surface area contributed by atoms with E-state index in [2.05, 4.69) is 4.72 Å². The fraction of sp³-hybridized carbons (Fsp3) is 0.636. The van der Waals surface area contributed by atoms with Crippen LogP contribution in [0.25, 0.3) is 0 Å². The lowest BCUT2D eigenvalue weighted by atomic mass is 10.2. The number of rotatable bonds is 5. The topological polar surface area (TPSA) is 72.2 Å². The summed E-state index contributed by atoms with van der Waals surface area (Å²) in [7, 11) is -3.38. The van der Waals surface area contributed by atoms with Gasteiger partial charge in [0.25, 0.3) is 0 Å². The predicted molar refractivity (Wildman–Crippen MR) is 69.7 cm³/mol. The highest BCUT2D eigenvalue weighted by molar-refractivity contribution is 7.91. The molecule has 0 aliphatic heterocycles. The molecule has 1 fully saturated rings. The molecule has 1 heterocycles. The molecule has 1 aromatic rings. The maximum atomic E-state index is 12.1. The van der Waals surface area contributed by atoms with Crippen LogP contribution in [0.15, 0.2) is 10.3 Å². The highest BCUT2D eigenvalue weighted by Crippen LogP contribution is 2.31. The predicted octanol–water partition coefficient (Wildman–Crippen LogP) is 1.38. The second kappa shape index (κ2) is 4.68.